The molecule has 0 bridgehead atoms. The number of carbonyl (C=O) groups is 2. The standard InChI is InChI=1S/C23H27N3O5/c1-4-5-6-12-24-23(29)25(3)19-9-7-8-18(15-19)20-11-10-17(13-16(2)22(27)28)14-21(20)26(30)31/h7-11,13-15H,4-6,12H2,1-3H3,(H,24,29)(H,27,28)/b16-13+. The first-order valence-electron chi connectivity index (χ1n) is 10.1. The Kier molecular flexibility index (Phi) is 8.31. The van der Waals surface area contributed by atoms with E-state index in [1.54, 1.807) is 43.4 Å². The molecule has 0 fully saturated rings. The van der Waals surface area contributed by atoms with E-state index in [-0.39, 0.29) is 17.3 Å². The van der Waals surface area contributed by atoms with Gasteiger partial charge in [0.2, 0.25) is 0 Å². The summed E-state index contributed by atoms with van der Waals surface area (Å²) in [5.74, 6) is -1.09. The van der Waals surface area contributed by atoms with E-state index in [4.69, 9.17) is 5.11 Å². The second-order valence-corrected chi connectivity index (χ2v) is 7.21. The molecule has 164 valence electrons. The zero-order valence-corrected chi connectivity index (χ0v) is 17.9. The van der Waals surface area contributed by atoms with E-state index in [1.165, 1.54) is 24.0 Å². The van der Waals surface area contributed by atoms with E-state index in [2.05, 4.69) is 12.2 Å². The zero-order valence-electron chi connectivity index (χ0n) is 17.9. The molecule has 2 amide bonds. The Morgan fingerprint density at radius 2 is 1.94 bits per heavy atom. The van der Waals surface area contributed by atoms with Crippen molar-refractivity contribution in [3.8, 4) is 11.1 Å². The number of carbonyl (C=O) groups excluding carboxylic acids is 1. The average Bonchev–Trinajstić information content (AvgIpc) is 2.75. The molecule has 2 aromatic rings. The highest BCUT2D eigenvalue weighted by molar-refractivity contribution is 5.93. The molecule has 0 saturated carbocycles. The molecule has 8 heteroatoms. The Balaban J connectivity index is 2.32. The minimum absolute atomic E-state index is 0.0793. The van der Waals surface area contributed by atoms with Crippen LogP contribution >= 0.6 is 0 Å². The topological polar surface area (TPSA) is 113 Å². The van der Waals surface area contributed by atoms with Gasteiger partial charge in [0.15, 0.2) is 0 Å². The Morgan fingerprint density at radius 1 is 1.19 bits per heavy atom. The molecule has 0 unspecified atom stereocenters. The third-order valence-corrected chi connectivity index (χ3v) is 4.84. The van der Waals surface area contributed by atoms with Crippen molar-refractivity contribution in [2.24, 2.45) is 0 Å². The Morgan fingerprint density at radius 3 is 2.58 bits per heavy atom. The van der Waals surface area contributed by atoms with Crippen LogP contribution in [0, 0.1) is 10.1 Å². The van der Waals surface area contributed by atoms with Gasteiger partial charge in [0.25, 0.3) is 5.69 Å². The Bertz CT molecular complexity index is 1000. The van der Waals surface area contributed by atoms with Crippen LogP contribution in [0.25, 0.3) is 17.2 Å². The van der Waals surface area contributed by atoms with Gasteiger partial charge in [-0.05, 0) is 48.7 Å². The summed E-state index contributed by atoms with van der Waals surface area (Å²) in [6, 6.07) is 11.3. The van der Waals surface area contributed by atoms with Crippen LogP contribution in [0.1, 0.15) is 38.7 Å². The number of rotatable bonds is 9. The summed E-state index contributed by atoms with van der Waals surface area (Å²) in [6.45, 7) is 4.11. The number of hydrogen-bond acceptors (Lipinski definition) is 4. The molecule has 0 aliphatic carbocycles. The van der Waals surface area contributed by atoms with Crippen LogP contribution in [0.4, 0.5) is 16.2 Å². The lowest BCUT2D eigenvalue weighted by molar-refractivity contribution is -0.384. The fourth-order valence-corrected chi connectivity index (χ4v) is 3.03. The zero-order chi connectivity index (χ0) is 23.0. The number of benzene rings is 2. The number of carboxylic acid groups (broad SMARTS) is 1. The van der Waals surface area contributed by atoms with Gasteiger partial charge < -0.3 is 10.4 Å². The molecule has 0 aliphatic heterocycles. The summed E-state index contributed by atoms with van der Waals surface area (Å²) in [6.07, 6.45) is 4.40. The summed E-state index contributed by atoms with van der Waals surface area (Å²) in [4.78, 5) is 36.0. The highest BCUT2D eigenvalue weighted by Crippen LogP contribution is 2.33. The summed E-state index contributed by atoms with van der Waals surface area (Å²) in [5.41, 5.74) is 1.93. The van der Waals surface area contributed by atoms with Crippen LogP contribution in [0.5, 0.6) is 0 Å². The molecular formula is C23H27N3O5. The molecule has 0 spiro atoms. The van der Waals surface area contributed by atoms with Crippen LogP contribution in [0.2, 0.25) is 0 Å². The van der Waals surface area contributed by atoms with Gasteiger partial charge in [0.05, 0.1) is 10.5 Å². The highest BCUT2D eigenvalue weighted by atomic mass is 16.6. The number of nitro groups is 1. The normalized spacial score (nSPS) is 11.1. The predicted molar refractivity (Wildman–Crippen MR) is 121 cm³/mol. The van der Waals surface area contributed by atoms with Crippen LogP contribution < -0.4 is 10.2 Å². The summed E-state index contributed by atoms with van der Waals surface area (Å²) in [5, 5.41) is 23.5. The smallest absolute Gasteiger partial charge is 0.331 e. The molecule has 0 aromatic heterocycles. The molecule has 0 saturated heterocycles. The second kappa shape index (κ2) is 10.9. The van der Waals surface area contributed by atoms with Gasteiger partial charge in [0.1, 0.15) is 0 Å². The molecular weight excluding hydrogens is 398 g/mol. The largest absolute Gasteiger partial charge is 0.478 e. The van der Waals surface area contributed by atoms with Gasteiger partial charge in [-0.15, -0.1) is 0 Å². The minimum Gasteiger partial charge on any atom is -0.478 e. The number of urea groups is 1. The summed E-state index contributed by atoms with van der Waals surface area (Å²) >= 11 is 0. The lowest BCUT2D eigenvalue weighted by Gasteiger charge is -2.19. The van der Waals surface area contributed by atoms with E-state index in [9.17, 15) is 19.7 Å². The Hall–Kier alpha value is -3.68. The maximum atomic E-state index is 12.4. The van der Waals surface area contributed by atoms with Crippen molar-refractivity contribution >= 4 is 29.5 Å². The van der Waals surface area contributed by atoms with Crippen molar-refractivity contribution in [3.05, 3.63) is 63.7 Å². The van der Waals surface area contributed by atoms with Gasteiger partial charge in [-0.1, -0.05) is 38.0 Å². The monoisotopic (exact) mass is 425 g/mol. The molecule has 8 nitrogen and oxygen atoms in total. The summed E-state index contributed by atoms with van der Waals surface area (Å²) in [7, 11) is 1.64. The van der Waals surface area contributed by atoms with Crippen LogP contribution in [-0.4, -0.2) is 35.6 Å². The number of anilines is 1. The quantitative estimate of drug-likeness (QED) is 0.252. The van der Waals surface area contributed by atoms with Crippen molar-refractivity contribution in [2.45, 2.75) is 33.1 Å². The van der Waals surface area contributed by atoms with E-state index in [1.807, 2.05) is 0 Å². The number of nitrogens with zero attached hydrogens (tertiary/aromatic N) is 2. The van der Waals surface area contributed by atoms with E-state index in [0.29, 0.717) is 28.9 Å². The van der Waals surface area contributed by atoms with Gasteiger partial charge in [0, 0.05) is 30.9 Å². The number of amides is 2. The van der Waals surface area contributed by atoms with Crippen molar-refractivity contribution in [1.82, 2.24) is 5.32 Å². The van der Waals surface area contributed by atoms with Crippen molar-refractivity contribution in [2.75, 3.05) is 18.5 Å². The van der Waals surface area contributed by atoms with Gasteiger partial charge >= 0.3 is 12.0 Å². The van der Waals surface area contributed by atoms with E-state index < -0.39 is 10.9 Å². The van der Waals surface area contributed by atoms with Crippen molar-refractivity contribution < 1.29 is 19.6 Å². The first-order chi connectivity index (χ1) is 14.7. The number of nitro benzene ring substituents is 1. The highest BCUT2D eigenvalue weighted by Gasteiger charge is 2.18. The maximum absolute atomic E-state index is 12.4. The number of hydrogen-bond donors (Lipinski definition) is 2. The van der Waals surface area contributed by atoms with Crippen LogP contribution in [0.15, 0.2) is 48.0 Å². The van der Waals surface area contributed by atoms with Crippen molar-refractivity contribution in [3.63, 3.8) is 0 Å². The third kappa shape index (κ3) is 6.40. The fourth-order valence-electron chi connectivity index (χ4n) is 3.03. The van der Waals surface area contributed by atoms with Gasteiger partial charge in [-0.2, -0.15) is 0 Å². The fraction of sp³-hybridized carbons (Fsp3) is 0.304. The van der Waals surface area contributed by atoms with Gasteiger partial charge in [-0.25, -0.2) is 9.59 Å². The molecule has 0 heterocycles. The lowest BCUT2D eigenvalue weighted by atomic mass is 10.00. The Labute approximate surface area is 181 Å². The molecule has 2 N–H and O–H groups in total. The molecule has 2 rings (SSSR count). The lowest BCUT2D eigenvalue weighted by Crippen LogP contribution is -2.37. The SMILES string of the molecule is CCCCCNC(=O)N(C)c1cccc(-c2ccc(/C=C(\C)C(=O)O)cc2[N+](=O)[O-])c1. The third-order valence-electron chi connectivity index (χ3n) is 4.84. The van der Waals surface area contributed by atoms with E-state index in [0.717, 1.165) is 19.3 Å². The average molecular weight is 425 g/mol. The second-order valence-electron chi connectivity index (χ2n) is 7.21. The van der Waals surface area contributed by atoms with Crippen molar-refractivity contribution in [1.29, 1.82) is 0 Å². The van der Waals surface area contributed by atoms with Crippen LogP contribution in [-0.2, 0) is 4.79 Å². The maximum Gasteiger partial charge on any atom is 0.331 e. The molecule has 0 atom stereocenters. The molecule has 0 radical (unpaired) electrons. The predicted octanol–water partition coefficient (Wildman–Crippen LogP) is 5.09. The minimum atomic E-state index is -1.09. The van der Waals surface area contributed by atoms with Crippen LogP contribution in [0.3, 0.4) is 0 Å². The molecule has 0 aliphatic rings. The van der Waals surface area contributed by atoms with Gasteiger partial charge in [-0.3, -0.25) is 15.0 Å². The van der Waals surface area contributed by atoms with E-state index >= 15 is 0 Å². The summed E-state index contributed by atoms with van der Waals surface area (Å²) < 4.78 is 0. The molecule has 2 aromatic carbocycles. The number of aliphatic carboxylic acids is 1. The first-order valence-corrected chi connectivity index (χ1v) is 10.1. The number of carboxylic acids is 1. The number of nitrogens with one attached hydrogen (secondary N) is 1. The first kappa shape index (κ1) is 23.6. The number of unbranched alkanes of at least 4 members (excludes halogenated alkanes) is 2. The molecule has 31 heavy (non-hydrogen) atoms.